The van der Waals surface area contributed by atoms with E-state index in [4.69, 9.17) is 9.26 Å². The number of aliphatic hydroxyl groups excluding tert-OH is 1. The van der Waals surface area contributed by atoms with Gasteiger partial charge in [0.05, 0.1) is 11.0 Å². The average Bonchev–Trinajstić information content (AvgIpc) is 3.49. The van der Waals surface area contributed by atoms with E-state index in [0.717, 1.165) is 23.1 Å². The molecule has 2 aromatic heterocycles. The number of anilines is 1. The van der Waals surface area contributed by atoms with Gasteiger partial charge in [0.25, 0.3) is 15.9 Å². The molecule has 11 heteroatoms. The number of rotatable bonds is 13. The van der Waals surface area contributed by atoms with Gasteiger partial charge in [-0.1, -0.05) is 41.1 Å². The Morgan fingerprint density at radius 2 is 1.74 bits per heavy atom. The van der Waals surface area contributed by atoms with Crippen LogP contribution < -0.4 is 14.8 Å². The second-order valence-electron chi connectivity index (χ2n) is 9.70. The van der Waals surface area contributed by atoms with Crippen LogP contribution in [0.25, 0.3) is 11.4 Å². The summed E-state index contributed by atoms with van der Waals surface area (Å²) in [6.45, 7) is 3.20. The maximum Gasteiger partial charge on any atom is 0.264 e. The number of aliphatic hydroxyl groups is 1. The highest BCUT2D eigenvalue weighted by Crippen LogP contribution is 2.22. The number of nitrogens with zero attached hydrogens (tertiary/aromatic N) is 3. The van der Waals surface area contributed by atoms with Crippen LogP contribution in [0.15, 0.2) is 107 Å². The van der Waals surface area contributed by atoms with Crippen molar-refractivity contribution in [3.8, 4) is 17.1 Å². The minimum Gasteiger partial charge on any atom is -0.484 e. The van der Waals surface area contributed by atoms with Crippen LogP contribution in [-0.4, -0.2) is 41.7 Å². The number of hydrogen-bond donors (Lipinski definition) is 3. The van der Waals surface area contributed by atoms with Crippen LogP contribution in [0.4, 0.5) is 5.69 Å². The second kappa shape index (κ2) is 13.4. The van der Waals surface area contributed by atoms with Crippen LogP contribution in [0.1, 0.15) is 28.7 Å². The summed E-state index contributed by atoms with van der Waals surface area (Å²) in [6.07, 6.45) is 3.41. The number of sulfonamides is 1. The molecule has 2 heterocycles. The standard InChI is InChI=1S/C31H31N5O5S/c1-22-4-12-27(13-5-22)40-21-30-34-31(35-41-30)24-8-14-28(15-9-24)42(38,39)36-26-10-6-23(7-11-26)16-18-33-20-29(37)25-3-2-17-32-19-25/h2-15,17,19,29,33,36-37H,16,18,20-21H2,1H3. The molecule has 0 aliphatic carbocycles. The van der Waals surface area contributed by atoms with Gasteiger partial charge in [-0.3, -0.25) is 9.71 Å². The van der Waals surface area contributed by atoms with E-state index in [2.05, 4.69) is 25.2 Å². The van der Waals surface area contributed by atoms with Crippen molar-refractivity contribution in [2.24, 2.45) is 0 Å². The largest absolute Gasteiger partial charge is 0.484 e. The van der Waals surface area contributed by atoms with Crippen LogP contribution in [0, 0.1) is 6.92 Å². The number of ether oxygens (including phenoxy) is 1. The molecule has 5 aromatic rings. The van der Waals surface area contributed by atoms with Crippen molar-refractivity contribution < 1.29 is 22.8 Å². The van der Waals surface area contributed by atoms with Crippen molar-refractivity contribution in [2.75, 3.05) is 17.8 Å². The SMILES string of the molecule is Cc1ccc(OCc2nc(-c3ccc(S(=O)(=O)Nc4ccc(CCNCC(O)c5cccnc5)cc4)cc3)no2)cc1. The first-order valence-electron chi connectivity index (χ1n) is 13.4. The quantitative estimate of drug-likeness (QED) is 0.168. The summed E-state index contributed by atoms with van der Waals surface area (Å²) in [6, 6.07) is 24.7. The molecule has 0 fully saturated rings. The molecule has 0 saturated carbocycles. The fraction of sp³-hybridized carbons (Fsp3) is 0.194. The highest BCUT2D eigenvalue weighted by Gasteiger charge is 2.16. The number of pyridine rings is 1. The number of benzene rings is 3. The molecule has 216 valence electrons. The summed E-state index contributed by atoms with van der Waals surface area (Å²) < 4.78 is 39.5. The third-order valence-electron chi connectivity index (χ3n) is 6.48. The van der Waals surface area contributed by atoms with E-state index in [1.807, 2.05) is 49.4 Å². The van der Waals surface area contributed by atoms with Crippen LogP contribution in [0.5, 0.6) is 5.75 Å². The summed E-state index contributed by atoms with van der Waals surface area (Å²) in [5.74, 6) is 1.35. The van der Waals surface area contributed by atoms with Gasteiger partial charge >= 0.3 is 0 Å². The third-order valence-corrected chi connectivity index (χ3v) is 7.87. The second-order valence-corrected chi connectivity index (χ2v) is 11.4. The Morgan fingerprint density at radius 1 is 0.976 bits per heavy atom. The summed E-state index contributed by atoms with van der Waals surface area (Å²) in [4.78, 5) is 8.47. The van der Waals surface area contributed by atoms with Crippen molar-refractivity contribution >= 4 is 15.7 Å². The zero-order chi connectivity index (χ0) is 29.4. The Bertz CT molecular complexity index is 1680. The molecule has 1 unspecified atom stereocenters. The van der Waals surface area contributed by atoms with Crippen molar-refractivity contribution in [2.45, 2.75) is 31.0 Å². The van der Waals surface area contributed by atoms with Crippen LogP contribution in [-0.2, 0) is 23.1 Å². The van der Waals surface area contributed by atoms with Gasteiger partial charge in [0.15, 0.2) is 6.61 Å². The van der Waals surface area contributed by atoms with Crippen LogP contribution in [0.3, 0.4) is 0 Å². The number of aromatic nitrogens is 3. The fourth-order valence-corrected chi connectivity index (χ4v) is 5.17. The Balaban J connectivity index is 1.11. The Hall–Kier alpha value is -4.58. The molecule has 0 aliphatic rings. The van der Waals surface area contributed by atoms with E-state index < -0.39 is 16.1 Å². The van der Waals surface area contributed by atoms with Crippen molar-refractivity contribution in [1.82, 2.24) is 20.4 Å². The van der Waals surface area contributed by atoms with Gasteiger partial charge in [0.2, 0.25) is 5.82 Å². The fourth-order valence-electron chi connectivity index (χ4n) is 4.11. The van der Waals surface area contributed by atoms with E-state index in [9.17, 15) is 13.5 Å². The predicted octanol–water partition coefficient (Wildman–Crippen LogP) is 4.69. The lowest BCUT2D eigenvalue weighted by Crippen LogP contribution is -2.23. The molecule has 42 heavy (non-hydrogen) atoms. The molecular formula is C31H31N5O5S. The molecule has 10 nitrogen and oxygen atoms in total. The molecule has 0 saturated heterocycles. The van der Waals surface area contributed by atoms with Crippen molar-refractivity contribution in [3.63, 3.8) is 0 Å². The Morgan fingerprint density at radius 3 is 2.45 bits per heavy atom. The molecule has 0 spiro atoms. The lowest BCUT2D eigenvalue weighted by atomic mass is 10.1. The van der Waals surface area contributed by atoms with Crippen LogP contribution in [0.2, 0.25) is 0 Å². The summed E-state index contributed by atoms with van der Waals surface area (Å²) >= 11 is 0. The molecule has 0 radical (unpaired) electrons. The van der Waals surface area contributed by atoms with Gasteiger partial charge in [-0.15, -0.1) is 0 Å². The van der Waals surface area contributed by atoms with Gasteiger partial charge < -0.3 is 19.7 Å². The third kappa shape index (κ3) is 7.78. The number of nitrogens with one attached hydrogen (secondary N) is 2. The van der Waals surface area contributed by atoms with E-state index in [0.29, 0.717) is 41.8 Å². The highest BCUT2D eigenvalue weighted by molar-refractivity contribution is 7.92. The highest BCUT2D eigenvalue weighted by atomic mass is 32.2. The molecule has 1 atom stereocenters. The molecule has 0 bridgehead atoms. The van der Waals surface area contributed by atoms with Gasteiger partial charge in [0, 0.05) is 35.8 Å². The first-order valence-corrected chi connectivity index (χ1v) is 14.9. The van der Waals surface area contributed by atoms with Crippen molar-refractivity contribution in [3.05, 3.63) is 120 Å². The molecular weight excluding hydrogens is 554 g/mol. The average molecular weight is 586 g/mol. The zero-order valence-electron chi connectivity index (χ0n) is 23.0. The maximum absolute atomic E-state index is 13.0. The lowest BCUT2D eigenvalue weighted by Gasteiger charge is -2.12. The lowest BCUT2D eigenvalue weighted by molar-refractivity contribution is 0.174. The number of aryl methyl sites for hydroxylation is 1. The van der Waals surface area contributed by atoms with Gasteiger partial charge in [-0.2, -0.15) is 4.98 Å². The monoisotopic (exact) mass is 585 g/mol. The number of hydrogen-bond acceptors (Lipinski definition) is 9. The first-order chi connectivity index (χ1) is 20.4. The predicted molar refractivity (Wildman–Crippen MR) is 158 cm³/mol. The molecule has 5 rings (SSSR count). The molecule has 3 N–H and O–H groups in total. The van der Waals surface area contributed by atoms with Crippen LogP contribution >= 0.6 is 0 Å². The Labute approximate surface area is 244 Å². The minimum absolute atomic E-state index is 0.109. The molecule has 3 aromatic carbocycles. The Kier molecular flexibility index (Phi) is 9.22. The molecule has 0 aliphatic heterocycles. The molecule has 0 amide bonds. The van der Waals surface area contributed by atoms with Gasteiger partial charge in [-0.25, -0.2) is 8.42 Å². The van der Waals surface area contributed by atoms with E-state index >= 15 is 0 Å². The van der Waals surface area contributed by atoms with E-state index in [1.54, 1.807) is 42.7 Å². The van der Waals surface area contributed by atoms with E-state index in [1.165, 1.54) is 12.1 Å². The first kappa shape index (κ1) is 28.9. The van der Waals surface area contributed by atoms with Gasteiger partial charge in [0.1, 0.15) is 5.75 Å². The minimum atomic E-state index is -3.80. The van der Waals surface area contributed by atoms with Crippen molar-refractivity contribution in [1.29, 1.82) is 0 Å². The summed E-state index contributed by atoms with van der Waals surface area (Å²) in [7, 11) is -3.80. The topological polar surface area (TPSA) is 139 Å². The summed E-state index contributed by atoms with van der Waals surface area (Å²) in [5.41, 5.74) is 4.01. The normalized spacial score (nSPS) is 12.1. The summed E-state index contributed by atoms with van der Waals surface area (Å²) in [5, 5.41) is 17.4. The smallest absolute Gasteiger partial charge is 0.264 e. The van der Waals surface area contributed by atoms with Gasteiger partial charge in [-0.05, 0) is 80.1 Å². The maximum atomic E-state index is 13.0. The van der Waals surface area contributed by atoms with E-state index in [-0.39, 0.29) is 11.5 Å². The zero-order valence-corrected chi connectivity index (χ0v) is 23.8.